The van der Waals surface area contributed by atoms with Crippen LogP contribution in [0.4, 0.5) is 4.79 Å². The quantitative estimate of drug-likeness (QED) is 0.189. The average Bonchev–Trinajstić information content (AvgIpc) is 4.08. The van der Waals surface area contributed by atoms with Crippen molar-refractivity contribution in [1.29, 1.82) is 0 Å². The zero-order chi connectivity index (χ0) is 44.4. The molecule has 9 rings (SSSR count). The van der Waals surface area contributed by atoms with E-state index in [0.717, 1.165) is 80.7 Å². The zero-order valence-corrected chi connectivity index (χ0v) is 37.1. The van der Waals surface area contributed by atoms with Crippen molar-refractivity contribution in [3.8, 4) is 11.6 Å². The van der Waals surface area contributed by atoms with Crippen molar-refractivity contribution >= 4 is 44.7 Å². The van der Waals surface area contributed by atoms with Crippen molar-refractivity contribution in [1.82, 2.24) is 25.2 Å². The SMILES string of the molecule is C=C[C@@H]1C[C@]1(NC(=O)[C@@H]1C[C@@H]2CN1C(=O)[C@H](C1CCCC1)NC(=O)O[C@@H]1CCC[C@H]1CCCC=CCc1c(nc3ccccc3c1OCc1ccccc1)O2)C(=O)NS(=O)(=O)C1CC1. The van der Waals surface area contributed by atoms with E-state index in [0.29, 0.717) is 43.0 Å². The summed E-state index contributed by atoms with van der Waals surface area (Å²) in [5.74, 6) is -1.44. The highest BCUT2D eigenvalue weighted by Gasteiger charge is 2.62. The topological polar surface area (TPSA) is 182 Å². The van der Waals surface area contributed by atoms with Gasteiger partial charge in [0.25, 0.3) is 5.91 Å². The first kappa shape index (κ1) is 43.8. The monoisotopic (exact) mass is 893 g/mol. The van der Waals surface area contributed by atoms with Gasteiger partial charge in [-0.3, -0.25) is 19.1 Å². The molecule has 0 radical (unpaired) electrons. The molecule has 1 aromatic heterocycles. The summed E-state index contributed by atoms with van der Waals surface area (Å²) in [4.78, 5) is 63.9. The summed E-state index contributed by atoms with van der Waals surface area (Å²) in [5.41, 5.74) is 0.816. The Labute approximate surface area is 375 Å². The first-order valence-corrected chi connectivity index (χ1v) is 24.8. The highest BCUT2D eigenvalue weighted by Crippen LogP contribution is 2.46. The number of nitrogens with zero attached hydrogens (tertiary/aromatic N) is 2. The molecule has 4 aliphatic carbocycles. The number of aromatic nitrogens is 1. The van der Waals surface area contributed by atoms with Gasteiger partial charge in [-0.15, -0.1) is 6.58 Å². The number of ether oxygens (including phenoxy) is 3. The normalized spacial score (nSPS) is 28.9. The second-order valence-corrected chi connectivity index (χ2v) is 20.5. The second kappa shape index (κ2) is 18.6. The first-order chi connectivity index (χ1) is 31.0. The Kier molecular flexibility index (Phi) is 12.7. The van der Waals surface area contributed by atoms with Gasteiger partial charge in [0.1, 0.15) is 42.2 Å². The third-order valence-corrected chi connectivity index (χ3v) is 16.0. The first-order valence-electron chi connectivity index (χ1n) is 23.2. The Morgan fingerprint density at radius 3 is 2.44 bits per heavy atom. The molecular formula is C49H59N5O9S. The van der Waals surface area contributed by atoms with Crippen LogP contribution in [-0.2, 0) is 42.2 Å². The number of hydrogen-bond acceptors (Lipinski definition) is 10. The fraction of sp³-hybridized carbons (Fsp3) is 0.531. The number of carbonyl (C=O) groups is 4. The summed E-state index contributed by atoms with van der Waals surface area (Å²) in [7, 11) is -3.92. The summed E-state index contributed by atoms with van der Waals surface area (Å²) in [5, 5.41) is 6.04. The molecule has 7 atom stereocenters. The van der Waals surface area contributed by atoms with Gasteiger partial charge in [-0.25, -0.2) is 18.2 Å². The highest BCUT2D eigenvalue weighted by atomic mass is 32.2. The molecule has 1 saturated heterocycles. The van der Waals surface area contributed by atoms with Gasteiger partial charge in [-0.05, 0) is 107 Å². The number of fused-ring (bicyclic) bond motifs is 5. The van der Waals surface area contributed by atoms with Crippen LogP contribution in [0.15, 0.2) is 79.4 Å². The molecule has 2 bridgehead atoms. The van der Waals surface area contributed by atoms with E-state index in [1.807, 2.05) is 54.6 Å². The maximum atomic E-state index is 15.1. The molecule has 15 heteroatoms. The van der Waals surface area contributed by atoms with E-state index in [4.69, 9.17) is 19.2 Å². The molecule has 5 fully saturated rings. The summed E-state index contributed by atoms with van der Waals surface area (Å²) in [6, 6.07) is 15.5. The number of rotatable bonds is 10. The number of carbonyl (C=O) groups excluding carboxylic acids is 4. The lowest BCUT2D eigenvalue weighted by Gasteiger charge is -2.32. The van der Waals surface area contributed by atoms with E-state index in [9.17, 15) is 22.8 Å². The lowest BCUT2D eigenvalue weighted by molar-refractivity contribution is -0.142. The number of benzene rings is 2. The molecule has 3 aromatic rings. The van der Waals surface area contributed by atoms with Gasteiger partial charge in [0.15, 0.2) is 0 Å². The van der Waals surface area contributed by atoms with Crippen molar-refractivity contribution in [2.24, 2.45) is 17.8 Å². The number of allylic oxidation sites excluding steroid dienone is 2. The van der Waals surface area contributed by atoms with Crippen molar-refractivity contribution in [2.75, 3.05) is 6.54 Å². The van der Waals surface area contributed by atoms with Gasteiger partial charge < -0.3 is 29.7 Å². The molecule has 0 spiro atoms. The van der Waals surface area contributed by atoms with E-state index in [-0.39, 0.29) is 37.3 Å². The maximum absolute atomic E-state index is 15.1. The third-order valence-electron chi connectivity index (χ3n) is 14.2. The Balaban J connectivity index is 1.08. The van der Waals surface area contributed by atoms with Gasteiger partial charge in [0, 0.05) is 17.7 Å². The molecule has 2 aliphatic heterocycles. The average molecular weight is 894 g/mol. The van der Waals surface area contributed by atoms with Gasteiger partial charge in [-0.2, -0.15) is 0 Å². The van der Waals surface area contributed by atoms with Crippen LogP contribution in [0.2, 0.25) is 0 Å². The Hall–Kier alpha value is -5.44. The number of alkyl carbamates (subject to hydrolysis) is 1. The smallest absolute Gasteiger partial charge is 0.408 e. The van der Waals surface area contributed by atoms with Gasteiger partial charge in [0.2, 0.25) is 27.7 Å². The maximum Gasteiger partial charge on any atom is 0.408 e. The summed E-state index contributed by atoms with van der Waals surface area (Å²) >= 11 is 0. The molecule has 340 valence electrons. The van der Waals surface area contributed by atoms with Crippen LogP contribution in [-0.4, -0.2) is 83.7 Å². The lowest BCUT2D eigenvalue weighted by Crippen LogP contribution is -2.59. The molecule has 0 unspecified atom stereocenters. The van der Waals surface area contributed by atoms with E-state index in [1.165, 1.54) is 11.0 Å². The number of nitrogens with one attached hydrogen (secondary N) is 3. The van der Waals surface area contributed by atoms with Crippen LogP contribution in [0.5, 0.6) is 11.6 Å². The van der Waals surface area contributed by atoms with E-state index in [2.05, 4.69) is 34.1 Å². The Morgan fingerprint density at radius 1 is 0.922 bits per heavy atom. The summed E-state index contributed by atoms with van der Waals surface area (Å²) in [6.07, 6.45) is 14.3. The molecule has 4 saturated carbocycles. The second-order valence-electron chi connectivity index (χ2n) is 18.6. The fourth-order valence-electron chi connectivity index (χ4n) is 10.4. The number of sulfonamides is 1. The zero-order valence-electron chi connectivity index (χ0n) is 36.3. The Morgan fingerprint density at radius 2 is 1.67 bits per heavy atom. The van der Waals surface area contributed by atoms with Crippen LogP contribution < -0.4 is 24.8 Å². The van der Waals surface area contributed by atoms with Crippen molar-refractivity contribution in [3.05, 3.63) is 90.5 Å². The van der Waals surface area contributed by atoms with Crippen LogP contribution in [0, 0.1) is 17.8 Å². The summed E-state index contributed by atoms with van der Waals surface area (Å²) < 4.78 is 47.7. The fourth-order valence-corrected chi connectivity index (χ4v) is 11.7. The number of hydrogen-bond donors (Lipinski definition) is 3. The van der Waals surface area contributed by atoms with Gasteiger partial charge in [0.05, 0.1) is 22.9 Å². The molecule has 3 N–H and O–H groups in total. The molecule has 3 heterocycles. The molecule has 6 aliphatic rings. The predicted molar refractivity (Wildman–Crippen MR) is 239 cm³/mol. The van der Waals surface area contributed by atoms with Gasteiger partial charge in [-0.1, -0.05) is 73.5 Å². The van der Waals surface area contributed by atoms with Crippen molar-refractivity contribution < 1.29 is 41.8 Å². The third kappa shape index (κ3) is 9.36. The molecular weight excluding hydrogens is 835 g/mol. The minimum Gasteiger partial charge on any atom is -0.488 e. The standard InChI is InChI=1S/C49H59N5O9S/c1-2-34-28-49(34,47(57)53-64(59,60)36-25-26-36)52-44(55)40-27-35-29-54(40)46(56)42(33-18-10-11-19-33)51-48(58)63-41-24-14-20-32(41)17-8-3-4-9-22-38-43(61-30-31-15-6-5-7-16-31)37-21-12-13-23-39(37)50-45(38)62-35/h2,4-7,9,12-13,15-16,21,23,32-36,40-42H,1,3,8,10-11,14,17-20,22,24-30H2,(H,51,58)(H,52,55)(H,53,57)/t32-,34-,35-,40+,41-,42+,49-/m1/s1. The van der Waals surface area contributed by atoms with Crippen LogP contribution >= 0.6 is 0 Å². The van der Waals surface area contributed by atoms with Crippen molar-refractivity contribution in [2.45, 2.75) is 138 Å². The molecule has 4 amide bonds. The minimum atomic E-state index is -3.92. The minimum absolute atomic E-state index is 0.0221. The predicted octanol–water partition coefficient (Wildman–Crippen LogP) is 6.57. The number of para-hydroxylation sites is 1. The Bertz CT molecular complexity index is 2400. The van der Waals surface area contributed by atoms with Crippen LogP contribution in [0.25, 0.3) is 10.9 Å². The number of pyridine rings is 1. The van der Waals surface area contributed by atoms with E-state index >= 15 is 4.79 Å². The van der Waals surface area contributed by atoms with Crippen LogP contribution in [0.1, 0.15) is 101 Å². The van der Waals surface area contributed by atoms with E-state index < -0.39 is 68.7 Å². The van der Waals surface area contributed by atoms with E-state index in [1.54, 1.807) is 0 Å². The van der Waals surface area contributed by atoms with Crippen molar-refractivity contribution in [3.63, 3.8) is 0 Å². The number of amides is 4. The summed E-state index contributed by atoms with van der Waals surface area (Å²) in [6.45, 7) is 4.13. The van der Waals surface area contributed by atoms with Crippen LogP contribution in [0.3, 0.4) is 0 Å². The largest absolute Gasteiger partial charge is 0.488 e. The highest BCUT2D eigenvalue weighted by molar-refractivity contribution is 7.91. The molecule has 14 nitrogen and oxygen atoms in total. The van der Waals surface area contributed by atoms with Gasteiger partial charge >= 0.3 is 6.09 Å². The lowest BCUT2D eigenvalue weighted by atomic mass is 9.96. The molecule has 2 aromatic carbocycles. The molecule has 64 heavy (non-hydrogen) atoms.